The molecule has 0 spiro atoms. The van der Waals surface area contributed by atoms with Crippen molar-refractivity contribution in [3.63, 3.8) is 0 Å². The number of rotatable bonds is 7. The fourth-order valence-electron chi connectivity index (χ4n) is 3.07. The third kappa shape index (κ3) is 4.94. The highest BCUT2D eigenvalue weighted by Crippen LogP contribution is 2.19. The van der Waals surface area contributed by atoms with Crippen molar-refractivity contribution in [1.82, 2.24) is 9.80 Å². The molecule has 1 amide bonds. The van der Waals surface area contributed by atoms with E-state index in [1.807, 2.05) is 36.2 Å². The molecule has 1 heterocycles. The molecule has 0 aromatic heterocycles. The molecule has 0 saturated carbocycles. The summed E-state index contributed by atoms with van der Waals surface area (Å²) in [5.74, 6) is 1.03. The highest BCUT2D eigenvalue weighted by Gasteiger charge is 2.30. The molecule has 1 aliphatic rings. The molecule has 0 radical (unpaired) electrons. The molecule has 23 heavy (non-hydrogen) atoms. The summed E-state index contributed by atoms with van der Waals surface area (Å²) < 4.78 is 10.6. The van der Waals surface area contributed by atoms with Gasteiger partial charge in [0.15, 0.2) is 0 Å². The molecule has 2 atom stereocenters. The fraction of sp³-hybridized carbons (Fsp3) is 0.611. The van der Waals surface area contributed by atoms with Gasteiger partial charge in [0, 0.05) is 39.7 Å². The monoisotopic (exact) mass is 320 g/mol. The quantitative estimate of drug-likeness (QED) is 0.768. The summed E-state index contributed by atoms with van der Waals surface area (Å²) in [6, 6.07) is 8.28. The molecule has 1 fully saturated rings. The van der Waals surface area contributed by atoms with Gasteiger partial charge in [-0.2, -0.15) is 0 Å². The minimum Gasteiger partial charge on any atom is -0.497 e. The van der Waals surface area contributed by atoms with Crippen LogP contribution in [0.15, 0.2) is 24.3 Å². The van der Waals surface area contributed by atoms with Crippen LogP contribution >= 0.6 is 0 Å². The van der Waals surface area contributed by atoms with E-state index in [0.29, 0.717) is 12.5 Å². The van der Waals surface area contributed by atoms with Gasteiger partial charge in [-0.15, -0.1) is 0 Å². The van der Waals surface area contributed by atoms with Crippen LogP contribution in [0.4, 0.5) is 0 Å². The van der Waals surface area contributed by atoms with Crippen LogP contribution in [-0.4, -0.2) is 69.3 Å². The van der Waals surface area contributed by atoms with E-state index >= 15 is 0 Å². The van der Waals surface area contributed by atoms with E-state index in [1.54, 1.807) is 14.2 Å². The lowest BCUT2D eigenvalue weighted by atomic mass is 10.1. The van der Waals surface area contributed by atoms with Crippen LogP contribution in [0.2, 0.25) is 0 Å². The first-order valence-corrected chi connectivity index (χ1v) is 8.13. The number of methoxy groups -OCH3 is 2. The molecule has 1 aromatic carbocycles. The van der Waals surface area contributed by atoms with E-state index in [1.165, 1.54) is 0 Å². The first kappa shape index (κ1) is 17.8. The summed E-state index contributed by atoms with van der Waals surface area (Å²) in [7, 11) is 7.40. The molecule has 0 N–H and O–H groups in total. The Morgan fingerprint density at radius 1 is 1.30 bits per heavy atom. The number of amides is 1. The third-order valence-corrected chi connectivity index (χ3v) is 4.68. The van der Waals surface area contributed by atoms with E-state index < -0.39 is 0 Å². The number of aryl methyl sites for hydroxylation is 1. The Hall–Kier alpha value is -1.59. The first-order valence-electron chi connectivity index (χ1n) is 8.13. The normalized spacial score (nSPS) is 21.4. The average Bonchev–Trinajstić information content (AvgIpc) is 2.93. The second kappa shape index (κ2) is 8.31. The zero-order valence-electron chi connectivity index (χ0n) is 14.6. The van der Waals surface area contributed by atoms with E-state index in [-0.39, 0.29) is 12.0 Å². The van der Waals surface area contributed by atoms with Crippen molar-refractivity contribution in [2.45, 2.75) is 31.4 Å². The van der Waals surface area contributed by atoms with Gasteiger partial charge in [0.05, 0.1) is 13.2 Å². The third-order valence-electron chi connectivity index (χ3n) is 4.68. The van der Waals surface area contributed by atoms with E-state index in [9.17, 15) is 4.79 Å². The van der Waals surface area contributed by atoms with Crippen molar-refractivity contribution in [2.75, 3.05) is 41.4 Å². The summed E-state index contributed by atoms with van der Waals surface area (Å²) in [6.07, 6.45) is 2.57. The van der Waals surface area contributed by atoms with E-state index in [2.05, 4.69) is 11.9 Å². The largest absolute Gasteiger partial charge is 0.497 e. The van der Waals surface area contributed by atoms with Crippen LogP contribution in [0.5, 0.6) is 5.75 Å². The van der Waals surface area contributed by atoms with Gasteiger partial charge in [0.1, 0.15) is 5.75 Å². The number of carbonyl (C=O) groups excluding carboxylic acids is 1. The van der Waals surface area contributed by atoms with Crippen molar-refractivity contribution >= 4 is 5.91 Å². The lowest BCUT2D eigenvalue weighted by Crippen LogP contribution is -2.39. The maximum Gasteiger partial charge on any atom is 0.222 e. The molecular formula is C18H28N2O3. The number of ether oxygens (including phenoxy) is 2. The second-order valence-electron chi connectivity index (χ2n) is 6.31. The first-order chi connectivity index (χ1) is 11.0. The molecule has 0 unspecified atom stereocenters. The van der Waals surface area contributed by atoms with Gasteiger partial charge in [0.2, 0.25) is 5.91 Å². The fourth-order valence-corrected chi connectivity index (χ4v) is 3.07. The standard InChI is InChI=1S/C18H28N2O3/c1-19-13-17(23-4)11-15(19)12-20(2)18(21)10-7-14-5-8-16(22-3)9-6-14/h5-6,8-9,15,17H,7,10-13H2,1-4H3/t15-,17-/m0/s1. The summed E-state index contributed by atoms with van der Waals surface area (Å²) >= 11 is 0. The van der Waals surface area contributed by atoms with Crippen LogP contribution in [0, 0.1) is 0 Å². The molecule has 0 aliphatic carbocycles. The van der Waals surface area contributed by atoms with Crippen molar-refractivity contribution in [2.24, 2.45) is 0 Å². The zero-order chi connectivity index (χ0) is 16.8. The predicted octanol–water partition coefficient (Wildman–Crippen LogP) is 1.81. The summed E-state index contributed by atoms with van der Waals surface area (Å²) in [5.41, 5.74) is 1.16. The lowest BCUT2D eigenvalue weighted by molar-refractivity contribution is -0.130. The molecule has 1 saturated heterocycles. The molecular weight excluding hydrogens is 292 g/mol. The van der Waals surface area contributed by atoms with Gasteiger partial charge in [0.25, 0.3) is 0 Å². The molecule has 5 nitrogen and oxygen atoms in total. The van der Waals surface area contributed by atoms with Gasteiger partial charge < -0.3 is 14.4 Å². The Balaban J connectivity index is 1.78. The minimum atomic E-state index is 0.190. The van der Waals surface area contributed by atoms with Crippen molar-refractivity contribution < 1.29 is 14.3 Å². The van der Waals surface area contributed by atoms with Gasteiger partial charge in [-0.3, -0.25) is 9.69 Å². The molecule has 1 aromatic rings. The molecule has 0 bridgehead atoms. The van der Waals surface area contributed by atoms with Crippen LogP contribution in [0.1, 0.15) is 18.4 Å². The predicted molar refractivity (Wildman–Crippen MR) is 90.8 cm³/mol. The SMILES string of the molecule is COc1ccc(CCC(=O)N(C)C[C@@H]2C[C@H](OC)CN2C)cc1. The summed E-state index contributed by atoms with van der Waals surface area (Å²) in [6.45, 7) is 1.70. The summed E-state index contributed by atoms with van der Waals surface area (Å²) in [4.78, 5) is 16.5. The number of carbonyl (C=O) groups is 1. The molecule has 2 rings (SSSR count). The van der Waals surface area contributed by atoms with Gasteiger partial charge >= 0.3 is 0 Å². The van der Waals surface area contributed by atoms with Crippen molar-refractivity contribution in [1.29, 1.82) is 0 Å². The van der Waals surface area contributed by atoms with E-state index in [0.717, 1.165) is 37.2 Å². The lowest BCUT2D eigenvalue weighted by Gasteiger charge is -2.25. The Labute approximate surface area is 139 Å². The van der Waals surface area contributed by atoms with Gasteiger partial charge in [-0.05, 0) is 37.6 Å². The average molecular weight is 320 g/mol. The summed E-state index contributed by atoms with van der Waals surface area (Å²) in [5, 5.41) is 0. The highest BCUT2D eigenvalue weighted by molar-refractivity contribution is 5.76. The number of likely N-dealkylation sites (tertiary alicyclic amines) is 1. The molecule has 5 heteroatoms. The molecule has 128 valence electrons. The Bertz CT molecular complexity index is 503. The van der Waals surface area contributed by atoms with Crippen LogP contribution in [0.25, 0.3) is 0 Å². The number of likely N-dealkylation sites (N-methyl/N-ethyl adjacent to an activating group) is 2. The highest BCUT2D eigenvalue weighted by atomic mass is 16.5. The van der Waals surface area contributed by atoms with Crippen molar-refractivity contribution in [3.8, 4) is 5.75 Å². The minimum absolute atomic E-state index is 0.190. The topological polar surface area (TPSA) is 42.0 Å². The Morgan fingerprint density at radius 2 is 2.00 bits per heavy atom. The number of hydrogen-bond donors (Lipinski definition) is 0. The number of hydrogen-bond acceptors (Lipinski definition) is 4. The number of benzene rings is 1. The van der Waals surface area contributed by atoms with Gasteiger partial charge in [-0.1, -0.05) is 12.1 Å². The van der Waals surface area contributed by atoms with Gasteiger partial charge in [-0.25, -0.2) is 0 Å². The molecule has 1 aliphatic heterocycles. The van der Waals surface area contributed by atoms with Crippen LogP contribution < -0.4 is 4.74 Å². The Kier molecular flexibility index (Phi) is 6.42. The smallest absolute Gasteiger partial charge is 0.222 e. The van der Waals surface area contributed by atoms with E-state index in [4.69, 9.17) is 9.47 Å². The zero-order valence-corrected chi connectivity index (χ0v) is 14.6. The number of nitrogens with zero attached hydrogens (tertiary/aromatic N) is 2. The maximum atomic E-state index is 12.3. The van der Waals surface area contributed by atoms with Crippen molar-refractivity contribution in [3.05, 3.63) is 29.8 Å². The second-order valence-corrected chi connectivity index (χ2v) is 6.31. The van der Waals surface area contributed by atoms with Crippen LogP contribution in [-0.2, 0) is 16.0 Å². The Morgan fingerprint density at radius 3 is 2.57 bits per heavy atom. The maximum absolute atomic E-state index is 12.3. The van der Waals surface area contributed by atoms with Crippen LogP contribution in [0.3, 0.4) is 0 Å².